The molecule has 2 atom stereocenters. The summed E-state index contributed by atoms with van der Waals surface area (Å²) in [7, 11) is 0. The maximum Gasteiger partial charge on any atom is 0.224 e. The molecule has 0 radical (unpaired) electrons. The zero-order valence-electron chi connectivity index (χ0n) is 12.6. The van der Waals surface area contributed by atoms with Crippen LogP contribution in [-0.2, 0) is 4.79 Å². The number of nitrogens with two attached hydrogens (primary N) is 1. The quantitative estimate of drug-likeness (QED) is 0.718. The van der Waals surface area contributed by atoms with Crippen LogP contribution in [0.1, 0.15) is 45.3 Å². The highest BCUT2D eigenvalue weighted by molar-refractivity contribution is 5.91. The lowest BCUT2D eigenvalue weighted by atomic mass is 9.94. The fraction of sp³-hybridized carbons (Fsp3) is 0.562. The maximum absolute atomic E-state index is 12.1. The molecule has 112 valence electrons. The van der Waals surface area contributed by atoms with Gasteiger partial charge >= 0.3 is 0 Å². The summed E-state index contributed by atoms with van der Waals surface area (Å²) < 4.78 is 0. The number of anilines is 1. The molecule has 0 saturated carbocycles. The molecule has 1 amide bonds. The molecule has 1 aromatic rings. The van der Waals surface area contributed by atoms with E-state index in [-0.39, 0.29) is 11.8 Å². The van der Waals surface area contributed by atoms with E-state index in [0.29, 0.717) is 24.6 Å². The van der Waals surface area contributed by atoms with Gasteiger partial charge in [0.1, 0.15) is 0 Å². The number of hydrogen-bond donors (Lipinski definition) is 3. The van der Waals surface area contributed by atoms with E-state index in [1.165, 1.54) is 0 Å². The first kappa shape index (κ1) is 16.7. The number of carbonyl (C=O) groups is 1. The molecule has 0 heterocycles. The highest BCUT2D eigenvalue weighted by atomic mass is 16.3. The molecule has 0 bridgehead atoms. The standard InChI is InChI=1S/C16H26N2O2/c1-11(2)8-13(10-17)9-16(20)18-15-7-5-4-6-14(15)12(3)19/h4-7,11-13,19H,8-10,17H2,1-3H3,(H,18,20). The van der Waals surface area contributed by atoms with Crippen molar-refractivity contribution in [3.63, 3.8) is 0 Å². The van der Waals surface area contributed by atoms with Gasteiger partial charge in [-0.3, -0.25) is 4.79 Å². The van der Waals surface area contributed by atoms with E-state index < -0.39 is 6.10 Å². The molecule has 0 aliphatic rings. The Morgan fingerprint density at radius 2 is 1.95 bits per heavy atom. The second-order valence-corrected chi connectivity index (χ2v) is 5.75. The largest absolute Gasteiger partial charge is 0.389 e. The Morgan fingerprint density at radius 3 is 2.50 bits per heavy atom. The number of para-hydroxylation sites is 1. The summed E-state index contributed by atoms with van der Waals surface area (Å²) in [4.78, 5) is 12.1. The fourth-order valence-corrected chi connectivity index (χ4v) is 2.37. The Kier molecular flexibility index (Phi) is 6.68. The molecular weight excluding hydrogens is 252 g/mol. The molecule has 4 heteroatoms. The van der Waals surface area contributed by atoms with Gasteiger partial charge in [0.05, 0.1) is 6.10 Å². The Balaban J connectivity index is 2.66. The molecule has 0 aliphatic carbocycles. The first-order valence-electron chi connectivity index (χ1n) is 7.21. The molecule has 0 fully saturated rings. The van der Waals surface area contributed by atoms with Gasteiger partial charge < -0.3 is 16.2 Å². The number of rotatable bonds is 7. The van der Waals surface area contributed by atoms with Crippen molar-refractivity contribution in [3.8, 4) is 0 Å². The van der Waals surface area contributed by atoms with Gasteiger partial charge in [-0.05, 0) is 37.8 Å². The van der Waals surface area contributed by atoms with Gasteiger partial charge in [-0.25, -0.2) is 0 Å². The maximum atomic E-state index is 12.1. The van der Waals surface area contributed by atoms with Crippen LogP contribution in [0.25, 0.3) is 0 Å². The highest BCUT2D eigenvalue weighted by Gasteiger charge is 2.16. The van der Waals surface area contributed by atoms with E-state index in [0.717, 1.165) is 12.0 Å². The van der Waals surface area contributed by atoms with E-state index in [2.05, 4.69) is 19.2 Å². The van der Waals surface area contributed by atoms with Crippen molar-refractivity contribution >= 4 is 11.6 Å². The summed E-state index contributed by atoms with van der Waals surface area (Å²) in [5.74, 6) is 0.684. The third kappa shape index (κ3) is 5.31. The molecular formula is C16H26N2O2. The van der Waals surface area contributed by atoms with Gasteiger partial charge in [0, 0.05) is 17.7 Å². The van der Waals surface area contributed by atoms with Crippen LogP contribution in [0.5, 0.6) is 0 Å². The van der Waals surface area contributed by atoms with Gasteiger partial charge in [0.2, 0.25) is 5.91 Å². The van der Waals surface area contributed by atoms with Crippen molar-refractivity contribution in [2.45, 2.75) is 39.7 Å². The van der Waals surface area contributed by atoms with E-state index in [9.17, 15) is 9.90 Å². The Hall–Kier alpha value is -1.39. The van der Waals surface area contributed by atoms with Crippen molar-refractivity contribution in [3.05, 3.63) is 29.8 Å². The summed E-state index contributed by atoms with van der Waals surface area (Å²) in [6.07, 6.45) is 0.762. The topological polar surface area (TPSA) is 75.4 Å². The Morgan fingerprint density at radius 1 is 1.30 bits per heavy atom. The second kappa shape index (κ2) is 8.02. The van der Waals surface area contributed by atoms with Gasteiger partial charge in [-0.15, -0.1) is 0 Å². The van der Waals surface area contributed by atoms with Crippen LogP contribution in [0.2, 0.25) is 0 Å². The first-order chi connectivity index (χ1) is 9.43. The van der Waals surface area contributed by atoms with Crippen molar-refractivity contribution in [1.29, 1.82) is 0 Å². The van der Waals surface area contributed by atoms with Crippen LogP contribution in [0, 0.1) is 11.8 Å². The molecule has 4 N–H and O–H groups in total. The van der Waals surface area contributed by atoms with Crippen molar-refractivity contribution in [2.75, 3.05) is 11.9 Å². The lowest BCUT2D eigenvalue weighted by Gasteiger charge is -2.18. The van der Waals surface area contributed by atoms with E-state index in [4.69, 9.17) is 5.73 Å². The summed E-state index contributed by atoms with van der Waals surface area (Å²) in [6.45, 7) is 6.46. The van der Waals surface area contributed by atoms with E-state index >= 15 is 0 Å². The average Bonchev–Trinajstić information content (AvgIpc) is 2.37. The molecule has 0 aliphatic heterocycles. The predicted molar refractivity (Wildman–Crippen MR) is 82.3 cm³/mol. The van der Waals surface area contributed by atoms with E-state index in [1.807, 2.05) is 18.2 Å². The zero-order valence-corrected chi connectivity index (χ0v) is 12.6. The Labute approximate surface area is 121 Å². The minimum Gasteiger partial charge on any atom is -0.389 e. The van der Waals surface area contributed by atoms with Crippen molar-refractivity contribution < 1.29 is 9.90 Å². The lowest BCUT2D eigenvalue weighted by Crippen LogP contribution is -2.24. The van der Waals surface area contributed by atoms with Crippen LogP contribution < -0.4 is 11.1 Å². The number of carbonyl (C=O) groups excluding carboxylic acids is 1. The van der Waals surface area contributed by atoms with Gasteiger partial charge in [0.25, 0.3) is 0 Å². The summed E-state index contributed by atoms with van der Waals surface area (Å²) in [5.41, 5.74) is 7.13. The predicted octanol–water partition coefficient (Wildman–Crippen LogP) is 2.69. The molecule has 1 rings (SSSR count). The third-order valence-corrected chi connectivity index (χ3v) is 3.30. The molecule has 4 nitrogen and oxygen atoms in total. The molecule has 20 heavy (non-hydrogen) atoms. The molecule has 2 unspecified atom stereocenters. The highest BCUT2D eigenvalue weighted by Crippen LogP contribution is 2.23. The van der Waals surface area contributed by atoms with Crippen molar-refractivity contribution in [2.24, 2.45) is 17.6 Å². The van der Waals surface area contributed by atoms with Crippen molar-refractivity contribution in [1.82, 2.24) is 0 Å². The summed E-state index contributed by atoms with van der Waals surface area (Å²) in [5, 5.41) is 12.6. The van der Waals surface area contributed by atoms with Gasteiger partial charge in [0.15, 0.2) is 0 Å². The molecule has 1 aromatic carbocycles. The number of amides is 1. The zero-order chi connectivity index (χ0) is 15.1. The number of benzene rings is 1. The number of hydrogen-bond acceptors (Lipinski definition) is 3. The molecule has 0 spiro atoms. The SMILES string of the molecule is CC(C)CC(CN)CC(=O)Nc1ccccc1C(C)O. The minimum absolute atomic E-state index is 0.0470. The number of aliphatic hydroxyl groups is 1. The first-order valence-corrected chi connectivity index (χ1v) is 7.21. The molecule has 0 aromatic heterocycles. The van der Waals surface area contributed by atoms with Crippen LogP contribution >= 0.6 is 0 Å². The summed E-state index contributed by atoms with van der Waals surface area (Å²) >= 11 is 0. The molecule has 0 saturated heterocycles. The normalized spacial score (nSPS) is 14.1. The van der Waals surface area contributed by atoms with Crippen LogP contribution in [-0.4, -0.2) is 17.6 Å². The Bertz CT molecular complexity index is 430. The number of aliphatic hydroxyl groups excluding tert-OH is 1. The van der Waals surface area contributed by atoms with E-state index in [1.54, 1.807) is 13.0 Å². The monoisotopic (exact) mass is 278 g/mol. The van der Waals surface area contributed by atoms with Gasteiger partial charge in [-0.1, -0.05) is 32.0 Å². The third-order valence-electron chi connectivity index (χ3n) is 3.30. The minimum atomic E-state index is -0.604. The lowest BCUT2D eigenvalue weighted by molar-refractivity contribution is -0.117. The van der Waals surface area contributed by atoms with Crippen LogP contribution in [0.4, 0.5) is 5.69 Å². The summed E-state index contributed by atoms with van der Waals surface area (Å²) in [6, 6.07) is 7.31. The second-order valence-electron chi connectivity index (χ2n) is 5.75. The smallest absolute Gasteiger partial charge is 0.224 e. The van der Waals surface area contributed by atoms with Crippen LogP contribution in [0.15, 0.2) is 24.3 Å². The van der Waals surface area contributed by atoms with Gasteiger partial charge in [-0.2, -0.15) is 0 Å². The number of nitrogens with one attached hydrogen (secondary N) is 1. The van der Waals surface area contributed by atoms with Crippen LogP contribution in [0.3, 0.4) is 0 Å². The fourth-order valence-electron chi connectivity index (χ4n) is 2.37. The average molecular weight is 278 g/mol.